The average molecular weight is 185 g/mol. The van der Waals surface area contributed by atoms with E-state index in [0.29, 0.717) is 5.92 Å². The van der Waals surface area contributed by atoms with Gasteiger partial charge in [-0.15, -0.1) is 0 Å². The molecule has 0 spiro atoms. The van der Waals surface area contributed by atoms with E-state index in [-0.39, 0.29) is 11.9 Å². The highest BCUT2D eigenvalue weighted by Gasteiger charge is 2.20. The first-order chi connectivity index (χ1) is 6.09. The van der Waals surface area contributed by atoms with Crippen LogP contribution in [-0.4, -0.2) is 43.5 Å². The van der Waals surface area contributed by atoms with E-state index < -0.39 is 0 Å². The lowest BCUT2D eigenvalue weighted by atomic mass is 10.1. The van der Waals surface area contributed by atoms with E-state index in [1.165, 1.54) is 6.42 Å². The molecule has 0 aromatic carbocycles. The SMILES string of the molecule is C[C@H](N)C(=O)NC[C@H]1CCN(C)C1. The van der Waals surface area contributed by atoms with Crippen molar-refractivity contribution in [1.29, 1.82) is 0 Å². The van der Waals surface area contributed by atoms with Crippen LogP contribution in [0.5, 0.6) is 0 Å². The minimum atomic E-state index is -0.390. The van der Waals surface area contributed by atoms with Crippen molar-refractivity contribution >= 4 is 5.91 Å². The molecule has 1 aliphatic heterocycles. The molecule has 13 heavy (non-hydrogen) atoms. The number of nitrogens with two attached hydrogens (primary N) is 1. The van der Waals surface area contributed by atoms with Crippen molar-refractivity contribution < 1.29 is 4.79 Å². The summed E-state index contributed by atoms with van der Waals surface area (Å²) in [7, 11) is 2.10. The van der Waals surface area contributed by atoms with Crippen LogP contribution in [0.2, 0.25) is 0 Å². The van der Waals surface area contributed by atoms with Crippen molar-refractivity contribution in [3.63, 3.8) is 0 Å². The molecule has 4 nitrogen and oxygen atoms in total. The van der Waals surface area contributed by atoms with Crippen molar-refractivity contribution in [1.82, 2.24) is 10.2 Å². The summed E-state index contributed by atoms with van der Waals surface area (Å²) in [5.74, 6) is 0.558. The molecule has 3 N–H and O–H groups in total. The third kappa shape index (κ3) is 3.32. The lowest BCUT2D eigenvalue weighted by Gasteiger charge is -2.12. The maximum Gasteiger partial charge on any atom is 0.236 e. The van der Waals surface area contributed by atoms with E-state index in [1.807, 2.05) is 0 Å². The summed E-state index contributed by atoms with van der Waals surface area (Å²) in [5, 5.41) is 2.85. The zero-order valence-electron chi connectivity index (χ0n) is 8.42. The lowest BCUT2D eigenvalue weighted by molar-refractivity contribution is -0.122. The molecular formula is C9H19N3O. The Bertz CT molecular complexity index is 182. The third-order valence-corrected chi connectivity index (χ3v) is 2.47. The van der Waals surface area contributed by atoms with E-state index in [2.05, 4.69) is 17.3 Å². The van der Waals surface area contributed by atoms with Gasteiger partial charge in [0.25, 0.3) is 0 Å². The molecule has 1 heterocycles. The highest BCUT2D eigenvalue weighted by molar-refractivity contribution is 5.80. The molecule has 0 radical (unpaired) electrons. The van der Waals surface area contributed by atoms with Gasteiger partial charge in [-0.3, -0.25) is 4.79 Å². The zero-order chi connectivity index (χ0) is 9.84. The fourth-order valence-electron chi connectivity index (χ4n) is 1.60. The lowest BCUT2D eigenvalue weighted by Crippen LogP contribution is -2.40. The van der Waals surface area contributed by atoms with Crippen molar-refractivity contribution in [2.75, 3.05) is 26.7 Å². The van der Waals surface area contributed by atoms with Crippen molar-refractivity contribution in [3.05, 3.63) is 0 Å². The Hall–Kier alpha value is -0.610. The summed E-state index contributed by atoms with van der Waals surface area (Å²) in [4.78, 5) is 13.4. The Morgan fingerprint density at radius 1 is 1.77 bits per heavy atom. The summed E-state index contributed by atoms with van der Waals surface area (Å²) in [6.07, 6.45) is 1.18. The number of nitrogens with zero attached hydrogens (tertiary/aromatic N) is 1. The molecule has 0 aromatic rings. The summed E-state index contributed by atoms with van der Waals surface area (Å²) in [6.45, 7) is 4.69. The number of nitrogens with one attached hydrogen (secondary N) is 1. The Balaban J connectivity index is 2.16. The van der Waals surface area contributed by atoms with Crippen molar-refractivity contribution in [2.45, 2.75) is 19.4 Å². The molecule has 1 aliphatic rings. The fourth-order valence-corrected chi connectivity index (χ4v) is 1.60. The molecule has 0 unspecified atom stereocenters. The molecule has 4 heteroatoms. The van der Waals surface area contributed by atoms with Gasteiger partial charge < -0.3 is 16.0 Å². The molecular weight excluding hydrogens is 166 g/mol. The van der Waals surface area contributed by atoms with Crippen LogP contribution in [0.4, 0.5) is 0 Å². The topological polar surface area (TPSA) is 58.4 Å². The largest absolute Gasteiger partial charge is 0.354 e. The number of carbonyl (C=O) groups is 1. The summed E-state index contributed by atoms with van der Waals surface area (Å²) >= 11 is 0. The molecule has 2 atom stereocenters. The van der Waals surface area contributed by atoms with Gasteiger partial charge in [-0.2, -0.15) is 0 Å². The molecule has 0 bridgehead atoms. The van der Waals surface area contributed by atoms with Crippen LogP contribution in [0.1, 0.15) is 13.3 Å². The second-order valence-corrected chi connectivity index (χ2v) is 3.95. The first kappa shape index (κ1) is 10.5. The average Bonchev–Trinajstić information content (AvgIpc) is 2.47. The van der Waals surface area contributed by atoms with Gasteiger partial charge in [0.2, 0.25) is 5.91 Å². The van der Waals surface area contributed by atoms with Crippen LogP contribution < -0.4 is 11.1 Å². The first-order valence-corrected chi connectivity index (χ1v) is 4.81. The van der Waals surface area contributed by atoms with E-state index in [9.17, 15) is 4.79 Å². The number of hydrogen-bond acceptors (Lipinski definition) is 3. The van der Waals surface area contributed by atoms with Crippen LogP contribution in [-0.2, 0) is 4.79 Å². The Kier molecular flexibility index (Phi) is 3.69. The van der Waals surface area contributed by atoms with E-state index >= 15 is 0 Å². The first-order valence-electron chi connectivity index (χ1n) is 4.81. The molecule has 1 fully saturated rings. The van der Waals surface area contributed by atoms with Crippen LogP contribution in [0.25, 0.3) is 0 Å². The van der Waals surface area contributed by atoms with Gasteiger partial charge in [0.15, 0.2) is 0 Å². The number of rotatable bonds is 3. The molecule has 0 aliphatic carbocycles. The minimum Gasteiger partial charge on any atom is -0.354 e. The van der Waals surface area contributed by atoms with Crippen LogP contribution in [0, 0.1) is 5.92 Å². The Morgan fingerprint density at radius 2 is 2.46 bits per heavy atom. The highest BCUT2D eigenvalue weighted by atomic mass is 16.2. The number of likely N-dealkylation sites (tertiary alicyclic amines) is 1. The molecule has 76 valence electrons. The molecule has 1 saturated heterocycles. The summed E-state index contributed by atoms with van der Waals surface area (Å²) in [6, 6.07) is -0.390. The van der Waals surface area contributed by atoms with Gasteiger partial charge >= 0.3 is 0 Å². The predicted molar refractivity (Wildman–Crippen MR) is 52.3 cm³/mol. The zero-order valence-corrected chi connectivity index (χ0v) is 8.42. The monoisotopic (exact) mass is 185 g/mol. The van der Waals surface area contributed by atoms with E-state index in [0.717, 1.165) is 19.6 Å². The standard InChI is InChI=1S/C9H19N3O/c1-7(10)9(13)11-5-8-3-4-12(2)6-8/h7-8H,3-6,10H2,1-2H3,(H,11,13)/t7-,8+/m0/s1. The van der Waals surface area contributed by atoms with Crippen molar-refractivity contribution in [3.8, 4) is 0 Å². The van der Waals surface area contributed by atoms with Gasteiger partial charge in [0.05, 0.1) is 6.04 Å². The van der Waals surface area contributed by atoms with Crippen LogP contribution in [0.15, 0.2) is 0 Å². The van der Waals surface area contributed by atoms with Crippen molar-refractivity contribution in [2.24, 2.45) is 11.7 Å². The third-order valence-electron chi connectivity index (χ3n) is 2.47. The van der Waals surface area contributed by atoms with Gasteiger partial charge in [-0.1, -0.05) is 0 Å². The van der Waals surface area contributed by atoms with Gasteiger partial charge in [-0.25, -0.2) is 0 Å². The summed E-state index contributed by atoms with van der Waals surface area (Å²) in [5.41, 5.74) is 5.43. The molecule has 0 aromatic heterocycles. The molecule has 1 amide bonds. The highest BCUT2D eigenvalue weighted by Crippen LogP contribution is 2.12. The van der Waals surface area contributed by atoms with Gasteiger partial charge in [0.1, 0.15) is 0 Å². The fraction of sp³-hybridized carbons (Fsp3) is 0.889. The second-order valence-electron chi connectivity index (χ2n) is 3.95. The number of hydrogen-bond donors (Lipinski definition) is 2. The number of carbonyl (C=O) groups excluding carboxylic acids is 1. The minimum absolute atomic E-state index is 0.0467. The normalized spacial score (nSPS) is 25.9. The quantitative estimate of drug-likeness (QED) is 0.617. The molecule has 0 saturated carbocycles. The smallest absolute Gasteiger partial charge is 0.236 e. The van der Waals surface area contributed by atoms with E-state index in [1.54, 1.807) is 6.92 Å². The van der Waals surface area contributed by atoms with Gasteiger partial charge in [-0.05, 0) is 32.9 Å². The molecule has 1 rings (SSSR count). The maximum atomic E-state index is 11.1. The van der Waals surface area contributed by atoms with Crippen LogP contribution in [0.3, 0.4) is 0 Å². The Labute approximate surface area is 79.5 Å². The predicted octanol–water partition coefficient (Wildman–Crippen LogP) is -0.598. The van der Waals surface area contributed by atoms with E-state index in [4.69, 9.17) is 5.73 Å². The summed E-state index contributed by atoms with van der Waals surface area (Å²) < 4.78 is 0. The Morgan fingerprint density at radius 3 is 2.92 bits per heavy atom. The second kappa shape index (κ2) is 4.58. The maximum absolute atomic E-state index is 11.1. The number of amides is 1. The van der Waals surface area contributed by atoms with Gasteiger partial charge in [0, 0.05) is 13.1 Å². The van der Waals surface area contributed by atoms with Crippen LogP contribution >= 0.6 is 0 Å².